The number of carbonyl (C=O) groups is 2. The maximum Gasteiger partial charge on any atom is 0.338 e. The van der Waals surface area contributed by atoms with Gasteiger partial charge in [0.25, 0.3) is 0 Å². The van der Waals surface area contributed by atoms with Gasteiger partial charge < -0.3 is 9.47 Å². The molecule has 0 aliphatic rings. The Hall–Kier alpha value is -0.600. The van der Waals surface area contributed by atoms with Crippen LogP contribution in [-0.4, -0.2) is 26.2 Å². The Morgan fingerprint density at radius 2 is 1.33 bits per heavy atom. The largest absolute Gasteiger partial charge is 0.465 e. The minimum absolute atomic E-state index is 0.369. The minimum atomic E-state index is -0.381. The molecule has 0 aromatic heterocycles. The van der Waals surface area contributed by atoms with Gasteiger partial charge in [-0.05, 0) is 74.2 Å². The van der Waals surface area contributed by atoms with E-state index in [0.29, 0.717) is 26.5 Å². The predicted octanol–water partition coefficient (Wildman–Crippen LogP) is 6.98. The van der Waals surface area contributed by atoms with Crippen LogP contribution in [0.25, 0.3) is 0 Å². The van der Waals surface area contributed by atoms with Gasteiger partial charge in [-0.15, -0.1) is 0 Å². The molecule has 2 aromatic carbocycles. The zero-order valence-corrected chi connectivity index (χ0v) is 20.8. The van der Waals surface area contributed by atoms with Crippen LogP contribution < -0.4 is 0 Å². The van der Waals surface area contributed by atoms with Crippen molar-refractivity contribution < 1.29 is 19.1 Å². The van der Waals surface area contributed by atoms with E-state index in [1.165, 1.54) is 14.2 Å². The summed E-state index contributed by atoms with van der Waals surface area (Å²) in [5.74, 6) is -0.749. The highest BCUT2D eigenvalue weighted by atomic mass is 79.9. The third-order valence-electron chi connectivity index (χ3n) is 3.48. The number of halogens is 5. The maximum absolute atomic E-state index is 11.3. The molecular weight excluding hydrogens is 591 g/mol. The van der Waals surface area contributed by atoms with Gasteiger partial charge in [0.15, 0.2) is 0 Å². The Balaban J connectivity index is 0.000000271. The standard InChI is InChI=1S/C9H7Br2ClO2.C9H8BrClO2/c1-14-9(13)5-2-3-7(11)8(12)6(5)4-10;1-5-6(9(12)13-2)3-4-7(10)8(5)11/h2-3H,4H2,1H3;3-4H,1-2H3. The van der Waals surface area contributed by atoms with E-state index in [4.69, 9.17) is 23.2 Å². The molecule has 0 unspecified atom stereocenters. The third-order valence-corrected chi connectivity index (χ3v) is 6.74. The van der Waals surface area contributed by atoms with E-state index < -0.39 is 0 Å². The first-order chi connectivity index (χ1) is 12.7. The van der Waals surface area contributed by atoms with Gasteiger partial charge in [-0.25, -0.2) is 9.59 Å². The van der Waals surface area contributed by atoms with Gasteiger partial charge >= 0.3 is 11.9 Å². The zero-order chi connectivity index (χ0) is 20.7. The molecule has 0 saturated carbocycles. The average molecular weight is 606 g/mol. The van der Waals surface area contributed by atoms with E-state index in [1.54, 1.807) is 31.2 Å². The minimum Gasteiger partial charge on any atom is -0.465 e. The van der Waals surface area contributed by atoms with Crippen molar-refractivity contribution >= 4 is 82.9 Å². The number of hydrogen-bond donors (Lipinski definition) is 0. The van der Waals surface area contributed by atoms with E-state index in [9.17, 15) is 9.59 Å². The molecule has 0 radical (unpaired) electrons. The molecule has 0 heterocycles. The van der Waals surface area contributed by atoms with Crippen LogP contribution in [0.1, 0.15) is 31.8 Å². The second-order valence-corrected chi connectivity index (χ2v) is 8.06. The molecule has 9 heteroatoms. The van der Waals surface area contributed by atoms with E-state index in [-0.39, 0.29) is 11.9 Å². The highest BCUT2D eigenvalue weighted by molar-refractivity contribution is 9.11. The lowest BCUT2D eigenvalue weighted by molar-refractivity contribution is 0.0591. The fourth-order valence-corrected chi connectivity index (χ4v) is 3.95. The van der Waals surface area contributed by atoms with Crippen molar-refractivity contribution in [2.24, 2.45) is 0 Å². The van der Waals surface area contributed by atoms with Crippen molar-refractivity contribution in [2.75, 3.05) is 14.2 Å². The molecule has 2 rings (SSSR count). The lowest BCUT2D eigenvalue weighted by Crippen LogP contribution is -2.05. The number of rotatable bonds is 3. The Kier molecular flexibility index (Phi) is 10.3. The van der Waals surface area contributed by atoms with Gasteiger partial charge in [-0.3, -0.25) is 0 Å². The molecule has 0 aliphatic heterocycles. The van der Waals surface area contributed by atoms with Crippen LogP contribution in [0.5, 0.6) is 0 Å². The molecule has 0 fully saturated rings. The number of carbonyl (C=O) groups excluding carboxylic acids is 2. The van der Waals surface area contributed by atoms with E-state index in [1.807, 2.05) is 0 Å². The zero-order valence-electron chi connectivity index (χ0n) is 14.5. The summed E-state index contributed by atoms with van der Waals surface area (Å²) in [5, 5.41) is 1.59. The van der Waals surface area contributed by atoms with Gasteiger partial charge in [-0.1, -0.05) is 39.1 Å². The summed E-state index contributed by atoms with van der Waals surface area (Å²) in [6.45, 7) is 1.78. The second-order valence-electron chi connectivity index (χ2n) is 5.04. The molecule has 0 bridgehead atoms. The molecule has 2 aromatic rings. The van der Waals surface area contributed by atoms with Gasteiger partial charge in [0.1, 0.15) is 0 Å². The van der Waals surface area contributed by atoms with Gasteiger partial charge in [-0.2, -0.15) is 0 Å². The number of hydrogen-bond acceptors (Lipinski definition) is 4. The lowest BCUT2D eigenvalue weighted by atomic mass is 10.1. The third kappa shape index (κ3) is 6.19. The van der Waals surface area contributed by atoms with Crippen LogP contribution in [-0.2, 0) is 14.8 Å². The predicted molar refractivity (Wildman–Crippen MR) is 118 cm³/mol. The topological polar surface area (TPSA) is 52.6 Å². The van der Waals surface area contributed by atoms with Gasteiger partial charge in [0.2, 0.25) is 0 Å². The summed E-state index contributed by atoms with van der Waals surface area (Å²) in [5.41, 5.74) is 2.43. The molecule has 4 nitrogen and oxygen atoms in total. The second kappa shape index (κ2) is 11.4. The van der Waals surface area contributed by atoms with Crippen molar-refractivity contribution in [3.8, 4) is 0 Å². The SMILES string of the molecule is COC(=O)c1ccc(Br)c(Cl)c1C.COC(=O)c1ccc(Br)c(Cl)c1CBr. The molecular formula is C18H15Br3Cl2O4. The molecule has 0 spiro atoms. The monoisotopic (exact) mass is 602 g/mol. The van der Waals surface area contributed by atoms with Crippen LogP contribution in [0.2, 0.25) is 10.0 Å². The quantitative estimate of drug-likeness (QED) is 0.280. The highest BCUT2D eigenvalue weighted by Gasteiger charge is 2.15. The average Bonchev–Trinajstić information content (AvgIpc) is 2.67. The Morgan fingerprint density at radius 1 is 0.889 bits per heavy atom. The molecule has 0 atom stereocenters. The van der Waals surface area contributed by atoms with E-state index >= 15 is 0 Å². The van der Waals surface area contributed by atoms with Crippen molar-refractivity contribution in [3.05, 3.63) is 65.5 Å². The number of methoxy groups -OCH3 is 2. The fraction of sp³-hybridized carbons (Fsp3) is 0.222. The van der Waals surface area contributed by atoms with Crippen molar-refractivity contribution in [3.63, 3.8) is 0 Å². The highest BCUT2D eigenvalue weighted by Crippen LogP contribution is 2.31. The molecule has 0 N–H and O–H groups in total. The molecule has 27 heavy (non-hydrogen) atoms. The summed E-state index contributed by atoms with van der Waals surface area (Å²) >= 11 is 21.8. The summed E-state index contributed by atoms with van der Waals surface area (Å²) in [6.07, 6.45) is 0. The normalized spacial score (nSPS) is 9.93. The maximum atomic E-state index is 11.3. The smallest absolute Gasteiger partial charge is 0.338 e. The number of esters is 2. The van der Waals surface area contributed by atoms with Crippen molar-refractivity contribution in [2.45, 2.75) is 12.3 Å². The van der Waals surface area contributed by atoms with Crippen LogP contribution in [0.4, 0.5) is 0 Å². The molecule has 0 amide bonds. The van der Waals surface area contributed by atoms with Crippen LogP contribution in [0, 0.1) is 6.92 Å². The Bertz CT molecular complexity index is 857. The lowest BCUT2D eigenvalue weighted by Gasteiger charge is -2.08. The first-order valence-corrected chi connectivity index (χ1v) is 10.8. The molecule has 0 saturated heterocycles. The van der Waals surface area contributed by atoms with E-state index in [0.717, 1.165) is 20.1 Å². The van der Waals surface area contributed by atoms with Crippen LogP contribution in [0.15, 0.2) is 33.2 Å². The Labute approximate surface area is 192 Å². The Morgan fingerprint density at radius 3 is 1.81 bits per heavy atom. The van der Waals surface area contributed by atoms with Crippen molar-refractivity contribution in [1.82, 2.24) is 0 Å². The van der Waals surface area contributed by atoms with Crippen LogP contribution in [0.3, 0.4) is 0 Å². The number of alkyl halides is 1. The summed E-state index contributed by atoms with van der Waals surface area (Å²) < 4.78 is 10.8. The van der Waals surface area contributed by atoms with E-state index in [2.05, 4.69) is 57.3 Å². The first-order valence-electron chi connectivity index (χ1n) is 7.33. The number of benzene rings is 2. The fourth-order valence-electron chi connectivity index (χ4n) is 2.01. The summed E-state index contributed by atoms with van der Waals surface area (Å²) in [6, 6.07) is 6.80. The van der Waals surface area contributed by atoms with Gasteiger partial charge in [0.05, 0.1) is 35.4 Å². The summed E-state index contributed by atoms with van der Waals surface area (Å²) in [7, 11) is 2.69. The van der Waals surface area contributed by atoms with Crippen molar-refractivity contribution in [1.29, 1.82) is 0 Å². The number of ether oxygens (including phenoxy) is 2. The summed E-state index contributed by atoms with van der Waals surface area (Å²) in [4.78, 5) is 22.5. The van der Waals surface area contributed by atoms with Gasteiger partial charge in [0, 0.05) is 14.3 Å². The first kappa shape index (κ1) is 24.4. The molecule has 0 aliphatic carbocycles. The van der Waals surface area contributed by atoms with Crippen LogP contribution >= 0.6 is 71.0 Å². The molecule has 146 valence electrons.